The van der Waals surface area contributed by atoms with Gasteiger partial charge in [0, 0.05) is 49.7 Å². The number of anilines is 2. The lowest BCUT2D eigenvalue weighted by molar-refractivity contribution is -0.131. The van der Waals surface area contributed by atoms with Gasteiger partial charge in [-0.3, -0.25) is 10.1 Å². The molecule has 0 unspecified atom stereocenters. The van der Waals surface area contributed by atoms with Gasteiger partial charge >= 0.3 is 6.03 Å². The van der Waals surface area contributed by atoms with E-state index in [1.54, 1.807) is 12.1 Å². The zero-order valence-corrected chi connectivity index (χ0v) is 19.0. The Bertz CT molecular complexity index is 905. The minimum atomic E-state index is -0.243. The predicted octanol–water partition coefficient (Wildman–Crippen LogP) is 4.02. The zero-order valence-electron chi connectivity index (χ0n) is 18.2. The van der Waals surface area contributed by atoms with E-state index in [2.05, 4.69) is 20.5 Å². The molecule has 2 aromatic rings. The van der Waals surface area contributed by atoms with Gasteiger partial charge in [-0.25, -0.2) is 14.2 Å². The fraction of sp³-hybridized carbons (Fsp3) is 0.522. The highest BCUT2D eigenvalue weighted by Gasteiger charge is 2.21. The Balaban J connectivity index is 1.18. The summed E-state index contributed by atoms with van der Waals surface area (Å²) in [6.45, 7) is 2.78. The van der Waals surface area contributed by atoms with E-state index in [4.69, 9.17) is 0 Å². The minimum Gasteiger partial charge on any atom is -0.368 e. The van der Waals surface area contributed by atoms with Crippen LogP contribution in [0.25, 0.3) is 0 Å². The molecule has 1 aromatic carbocycles. The summed E-state index contributed by atoms with van der Waals surface area (Å²) in [6.07, 6.45) is 6.61. The molecule has 0 radical (unpaired) electrons. The fourth-order valence-electron chi connectivity index (χ4n) is 4.30. The molecule has 2 N–H and O–H groups in total. The molecule has 1 aromatic heterocycles. The van der Waals surface area contributed by atoms with Gasteiger partial charge in [-0.2, -0.15) is 0 Å². The van der Waals surface area contributed by atoms with Gasteiger partial charge in [0.1, 0.15) is 5.82 Å². The van der Waals surface area contributed by atoms with Gasteiger partial charge < -0.3 is 15.1 Å². The number of carbonyl (C=O) groups excluding carboxylic acids is 2. The molecule has 0 spiro atoms. The number of hydrogen-bond acceptors (Lipinski definition) is 5. The number of thiazole rings is 1. The molecule has 0 atom stereocenters. The Hall–Kier alpha value is -2.68. The van der Waals surface area contributed by atoms with Crippen LogP contribution in [0.15, 0.2) is 29.6 Å². The first-order valence-electron chi connectivity index (χ1n) is 11.4. The van der Waals surface area contributed by atoms with Crippen LogP contribution in [0.4, 0.5) is 20.0 Å². The number of carbonyl (C=O) groups is 2. The Labute approximate surface area is 192 Å². The first-order valence-corrected chi connectivity index (χ1v) is 12.2. The second-order valence-electron chi connectivity index (χ2n) is 8.42. The third kappa shape index (κ3) is 6.18. The van der Waals surface area contributed by atoms with Crippen molar-refractivity contribution in [1.29, 1.82) is 0 Å². The maximum Gasteiger partial charge on any atom is 0.321 e. The van der Waals surface area contributed by atoms with E-state index < -0.39 is 0 Å². The van der Waals surface area contributed by atoms with Gasteiger partial charge in [0.05, 0.1) is 5.69 Å². The largest absolute Gasteiger partial charge is 0.368 e. The van der Waals surface area contributed by atoms with Crippen molar-refractivity contribution in [2.24, 2.45) is 0 Å². The molecule has 172 valence electrons. The number of nitrogens with zero attached hydrogens (tertiary/aromatic N) is 3. The van der Waals surface area contributed by atoms with Crippen LogP contribution in [0.2, 0.25) is 0 Å². The molecule has 1 saturated heterocycles. The third-order valence-corrected chi connectivity index (χ3v) is 6.94. The van der Waals surface area contributed by atoms with Crippen LogP contribution in [-0.2, 0) is 11.2 Å². The highest BCUT2D eigenvalue weighted by molar-refractivity contribution is 7.13. The first-order chi connectivity index (χ1) is 15.6. The standard InChI is InChI=1S/C23H30FN5O2S/c24-17-6-9-20(10-7-17)28-12-14-29(15-13-28)21(30)11-8-19-16-32-23(26-19)27-22(31)25-18-4-2-1-3-5-18/h6-7,9-10,16,18H,1-5,8,11-15H2,(H2,25,26,27,31). The molecule has 1 aliphatic heterocycles. The van der Waals surface area contributed by atoms with E-state index >= 15 is 0 Å². The number of amides is 3. The lowest BCUT2D eigenvalue weighted by Gasteiger charge is -2.36. The van der Waals surface area contributed by atoms with Gasteiger partial charge in [0.2, 0.25) is 5.91 Å². The van der Waals surface area contributed by atoms with Crippen molar-refractivity contribution in [2.75, 3.05) is 36.4 Å². The number of piperazine rings is 1. The number of nitrogens with one attached hydrogen (secondary N) is 2. The molecule has 1 aliphatic carbocycles. The number of urea groups is 1. The average molecular weight is 460 g/mol. The molecule has 2 heterocycles. The summed E-state index contributed by atoms with van der Waals surface area (Å²) in [5, 5.41) is 8.30. The van der Waals surface area contributed by atoms with Crippen LogP contribution < -0.4 is 15.5 Å². The summed E-state index contributed by atoms with van der Waals surface area (Å²) in [5.74, 6) is -0.130. The molecule has 4 rings (SSSR count). The van der Waals surface area contributed by atoms with E-state index in [0.717, 1.165) is 37.3 Å². The molecule has 9 heteroatoms. The second kappa shape index (κ2) is 10.8. The van der Waals surface area contributed by atoms with Gasteiger partial charge in [-0.15, -0.1) is 11.3 Å². The van der Waals surface area contributed by atoms with Crippen molar-refractivity contribution in [3.05, 3.63) is 41.2 Å². The molecule has 2 fully saturated rings. The van der Waals surface area contributed by atoms with Gasteiger partial charge in [-0.1, -0.05) is 19.3 Å². The van der Waals surface area contributed by atoms with E-state index in [9.17, 15) is 14.0 Å². The van der Waals surface area contributed by atoms with Crippen molar-refractivity contribution in [3.63, 3.8) is 0 Å². The van der Waals surface area contributed by atoms with Crippen LogP contribution in [0, 0.1) is 5.82 Å². The topological polar surface area (TPSA) is 77.6 Å². The lowest BCUT2D eigenvalue weighted by Crippen LogP contribution is -2.48. The summed E-state index contributed by atoms with van der Waals surface area (Å²) in [6, 6.07) is 6.52. The minimum absolute atomic E-state index is 0.112. The third-order valence-electron chi connectivity index (χ3n) is 6.13. The maximum atomic E-state index is 13.1. The lowest BCUT2D eigenvalue weighted by atomic mass is 9.96. The molecule has 1 saturated carbocycles. The summed E-state index contributed by atoms with van der Waals surface area (Å²) >= 11 is 1.38. The number of aryl methyl sites for hydroxylation is 1. The molecule has 32 heavy (non-hydrogen) atoms. The van der Waals surface area contributed by atoms with Crippen LogP contribution in [0.3, 0.4) is 0 Å². The predicted molar refractivity (Wildman–Crippen MR) is 125 cm³/mol. The Kier molecular flexibility index (Phi) is 7.57. The molecular weight excluding hydrogens is 429 g/mol. The van der Waals surface area contributed by atoms with Gasteiger partial charge in [0.25, 0.3) is 0 Å². The molecule has 3 amide bonds. The Morgan fingerprint density at radius 2 is 1.78 bits per heavy atom. The second-order valence-corrected chi connectivity index (χ2v) is 9.28. The quantitative estimate of drug-likeness (QED) is 0.684. The van der Waals surface area contributed by atoms with E-state index in [1.165, 1.54) is 42.7 Å². The summed E-state index contributed by atoms with van der Waals surface area (Å²) in [4.78, 5) is 33.3. The van der Waals surface area contributed by atoms with Crippen LogP contribution in [0.1, 0.15) is 44.2 Å². The highest BCUT2D eigenvalue weighted by Crippen LogP contribution is 2.20. The van der Waals surface area contributed by atoms with Gasteiger partial charge in [0.15, 0.2) is 5.13 Å². The molecule has 0 bridgehead atoms. The molecule has 2 aliphatic rings. The fourth-order valence-corrected chi connectivity index (χ4v) is 5.04. The van der Waals surface area contributed by atoms with Crippen molar-refractivity contribution in [3.8, 4) is 0 Å². The molecular formula is C23H30FN5O2S. The summed E-state index contributed by atoms with van der Waals surface area (Å²) < 4.78 is 13.1. The number of hydrogen-bond donors (Lipinski definition) is 2. The summed E-state index contributed by atoms with van der Waals surface area (Å²) in [7, 11) is 0. The van der Waals surface area contributed by atoms with Crippen LogP contribution >= 0.6 is 11.3 Å². The average Bonchev–Trinajstić information content (AvgIpc) is 3.26. The van der Waals surface area contributed by atoms with Crippen molar-refractivity contribution in [1.82, 2.24) is 15.2 Å². The Morgan fingerprint density at radius 1 is 1.06 bits per heavy atom. The van der Waals surface area contributed by atoms with E-state index in [-0.39, 0.29) is 23.8 Å². The highest BCUT2D eigenvalue weighted by atomic mass is 32.1. The van der Waals surface area contributed by atoms with Crippen molar-refractivity contribution >= 4 is 34.1 Å². The zero-order chi connectivity index (χ0) is 22.3. The number of rotatable bonds is 6. The normalized spacial score (nSPS) is 17.3. The Morgan fingerprint density at radius 3 is 2.50 bits per heavy atom. The monoisotopic (exact) mass is 459 g/mol. The van der Waals surface area contributed by atoms with E-state index in [0.29, 0.717) is 31.1 Å². The van der Waals surface area contributed by atoms with Crippen molar-refractivity contribution in [2.45, 2.75) is 51.0 Å². The smallest absolute Gasteiger partial charge is 0.321 e. The SMILES string of the molecule is O=C(Nc1nc(CCC(=O)N2CCN(c3ccc(F)cc3)CC2)cs1)NC1CCCCC1. The van der Waals surface area contributed by atoms with Crippen LogP contribution in [-0.4, -0.2) is 54.0 Å². The summed E-state index contributed by atoms with van der Waals surface area (Å²) in [5.41, 5.74) is 1.80. The van der Waals surface area contributed by atoms with Crippen molar-refractivity contribution < 1.29 is 14.0 Å². The molecule has 7 nitrogen and oxygen atoms in total. The van der Waals surface area contributed by atoms with Crippen LogP contribution in [0.5, 0.6) is 0 Å². The number of benzene rings is 1. The first kappa shape index (κ1) is 22.5. The number of aromatic nitrogens is 1. The van der Waals surface area contributed by atoms with Gasteiger partial charge in [-0.05, 0) is 43.5 Å². The number of halogens is 1. The maximum absolute atomic E-state index is 13.1. The van der Waals surface area contributed by atoms with E-state index in [1.807, 2.05) is 10.3 Å².